The van der Waals surface area contributed by atoms with Gasteiger partial charge in [0.25, 0.3) is 10.0 Å². The quantitative estimate of drug-likeness (QED) is 0.780. The Hall–Kier alpha value is -2.45. The van der Waals surface area contributed by atoms with Gasteiger partial charge in [-0.25, -0.2) is 12.8 Å². The largest absolute Gasteiger partial charge is 0.391 e. The van der Waals surface area contributed by atoms with Crippen LogP contribution in [0.5, 0.6) is 0 Å². The molecular weight excluding hydrogens is 395 g/mol. The number of hydrogen-bond acceptors (Lipinski definition) is 4. The van der Waals surface area contributed by atoms with Crippen molar-refractivity contribution < 1.29 is 22.7 Å². The number of amides is 1. The van der Waals surface area contributed by atoms with Gasteiger partial charge in [0.05, 0.1) is 22.7 Å². The topological polar surface area (TPSA) is 77.9 Å². The Kier molecular flexibility index (Phi) is 6.54. The smallest absolute Gasteiger partial charge is 0.264 e. The van der Waals surface area contributed by atoms with E-state index >= 15 is 0 Å². The van der Waals surface area contributed by atoms with Crippen LogP contribution in [0, 0.1) is 5.82 Å². The molecule has 1 amide bonds. The molecule has 1 N–H and O–H groups in total. The fourth-order valence-corrected chi connectivity index (χ4v) is 5.04. The van der Waals surface area contributed by atoms with Gasteiger partial charge in [-0.2, -0.15) is 0 Å². The first-order chi connectivity index (χ1) is 13.8. The molecule has 29 heavy (non-hydrogen) atoms. The number of carbonyl (C=O) groups excluding carboxylic acids is 1. The van der Waals surface area contributed by atoms with Crippen LogP contribution in [0.4, 0.5) is 10.1 Å². The molecule has 3 rings (SSSR count). The van der Waals surface area contributed by atoms with Crippen LogP contribution in [0.3, 0.4) is 0 Å². The van der Waals surface area contributed by atoms with E-state index in [1.165, 1.54) is 29.2 Å². The molecule has 2 unspecified atom stereocenters. The standard InChI is InChI=1S/C21H25FN2O4S/c1-23(19-9-5-6-10-20(19)25)21(26)15-24(17-13-11-16(22)12-14-17)29(27,28)18-7-3-2-4-8-18/h2-4,7-8,11-14,19-20,25H,5-6,9-10,15H2,1H3. The molecule has 0 spiro atoms. The van der Waals surface area contributed by atoms with Crippen molar-refractivity contribution in [1.29, 1.82) is 0 Å². The van der Waals surface area contributed by atoms with Gasteiger partial charge < -0.3 is 10.0 Å². The molecule has 1 aliphatic rings. The number of sulfonamides is 1. The fraction of sp³-hybridized carbons (Fsp3) is 0.381. The number of carbonyl (C=O) groups is 1. The molecule has 0 aromatic heterocycles. The number of hydrogen-bond donors (Lipinski definition) is 1. The number of benzene rings is 2. The normalized spacial score (nSPS) is 19.6. The molecule has 1 saturated carbocycles. The van der Waals surface area contributed by atoms with Gasteiger partial charge >= 0.3 is 0 Å². The first kappa shape index (κ1) is 21.3. The van der Waals surface area contributed by atoms with Crippen LogP contribution in [0.2, 0.25) is 0 Å². The maximum absolute atomic E-state index is 13.4. The summed E-state index contributed by atoms with van der Waals surface area (Å²) in [6.07, 6.45) is 2.48. The molecule has 1 fully saturated rings. The maximum Gasteiger partial charge on any atom is 0.264 e. The van der Waals surface area contributed by atoms with Gasteiger partial charge in [0.1, 0.15) is 12.4 Å². The van der Waals surface area contributed by atoms with Crippen molar-refractivity contribution in [3.63, 3.8) is 0 Å². The molecular formula is C21H25FN2O4S. The van der Waals surface area contributed by atoms with Crippen molar-refractivity contribution in [1.82, 2.24) is 4.90 Å². The number of aliphatic hydroxyl groups is 1. The van der Waals surface area contributed by atoms with Gasteiger partial charge in [-0.15, -0.1) is 0 Å². The second-order valence-electron chi connectivity index (χ2n) is 7.22. The van der Waals surface area contributed by atoms with Gasteiger partial charge in [0.15, 0.2) is 0 Å². The summed E-state index contributed by atoms with van der Waals surface area (Å²) in [5.41, 5.74) is 0.196. The van der Waals surface area contributed by atoms with Gasteiger partial charge in [0.2, 0.25) is 5.91 Å². The van der Waals surface area contributed by atoms with Crippen molar-refractivity contribution in [2.24, 2.45) is 0 Å². The highest BCUT2D eigenvalue weighted by molar-refractivity contribution is 7.92. The highest BCUT2D eigenvalue weighted by Gasteiger charge is 2.33. The van der Waals surface area contributed by atoms with Crippen LogP contribution in [-0.4, -0.2) is 50.1 Å². The first-order valence-corrected chi connectivity index (χ1v) is 11.0. The summed E-state index contributed by atoms with van der Waals surface area (Å²) in [7, 11) is -2.46. The number of anilines is 1. The Morgan fingerprint density at radius 3 is 2.31 bits per heavy atom. The Balaban J connectivity index is 1.91. The molecule has 2 atom stereocenters. The third-order valence-corrected chi connectivity index (χ3v) is 7.10. The first-order valence-electron chi connectivity index (χ1n) is 9.58. The number of halogens is 1. The van der Waals surface area contributed by atoms with E-state index in [0.29, 0.717) is 12.8 Å². The average molecular weight is 421 g/mol. The summed E-state index contributed by atoms with van der Waals surface area (Å²) in [6, 6.07) is 12.4. The van der Waals surface area contributed by atoms with Gasteiger partial charge in [-0.05, 0) is 49.2 Å². The van der Waals surface area contributed by atoms with Crippen molar-refractivity contribution in [3.8, 4) is 0 Å². The van der Waals surface area contributed by atoms with Gasteiger partial charge in [-0.3, -0.25) is 9.10 Å². The highest BCUT2D eigenvalue weighted by Crippen LogP contribution is 2.26. The molecule has 8 heteroatoms. The van der Waals surface area contributed by atoms with Crippen LogP contribution < -0.4 is 4.31 Å². The van der Waals surface area contributed by atoms with Crippen molar-refractivity contribution in [2.75, 3.05) is 17.9 Å². The molecule has 0 radical (unpaired) electrons. The summed E-state index contributed by atoms with van der Waals surface area (Å²) in [6.45, 7) is -0.442. The predicted molar refractivity (Wildman–Crippen MR) is 108 cm³/mol. The summed E-state index contributed by atoms with van der Waals surface area (Å²) >= 11 is 0. The van der Waals surface area contributed by atoms with E-state index in [1.807, 2.05) is 0 Å². The molecule has 1 aliphatic carbocycles. The van der Waals surface area contributed by atoms with E-state index < -0.39 is 34.4 Å². The minimum atomic E-state index is -4.04. The summed E-state index contributed by atoms with van der Waals surface area (Å²) < 4.78 is 40.8. The maximum atomic E-state index is 13.4. The zero-order valence-corrected chi connectivity index (χ0v) is 17.1. The zero-order chi connectivity index (χ0) is 21.0. The predicted octanol–water partition coefficient (Wildman–Crippen LogP) is 2.78. The van der Waals surface area contributed by atoms with Crippen molar-refractivity contribution >= 4 is 21.6 Å². The lowest BCUT2D eigenvalue weighted by Crippen LogP contribution is -2.50. The second-order valence-corrected chi connectivity index (χ2v) is 9.09. The Morgan fingerprint density at radius 1 is 1.07 bits per heavy atom. The lowest BCUT2D eigenvalue weighted by atomic mass is 9.91. The van der Waals surface area contributed by atoms with Gasteiger partial charge in [0, 0.05) is 7.05 Å². The van der Waals surface area contributed by atoms with Crippen LogP contribution in [0.25, 0.3) is 0 Å². The van der Waals surface area contributed by atoms with E-state index in [9.17, 15) is 22.7 Å². The molecule has 156 valence electrons. The Morgan fingerprint density at radius 2 is 1.69 bits per heavy atom. The number of aliphatic hydroxyl groups excluding tert-OH is 1. The van der Waals surface area contributed by atoms with E-state index in [2.05, 4.69) is 0 Å². The third-order valence-electron chi connectivity index (χ3n) is 5.31. The Bertz CT molecular complexity index is 935. The van der Waals surface area contributed by atoms with Crippen LogP contribution >= 0.6 is 0 Å². The van der Waals surface area contributed by atoms with E-state index in [0.717, 1.165) is 29.3 Å². The molecule has 0 heterocycles. The molecule has 2 aromatic rings. The lowest BCUT2D eigenvalue weighted by Gasteiger charge is -2.36. The minimum absolute atomic E-state index is 0.0393. The molecule has 2 aromatic carbocycles. The van der Waals surface area contributed by atoms with E-state index in [-0.39, 0.29) is 16.6 Å². The average Bonchev–Trinajstić information content (AvgIpc) is 2.73. The minimum Gasteiger partial charge on any atom is -0.391 e. The molecule has 6 nitrogen and oxygen atoms in total. The number of likely N-dealkylation sites (N-methyl/N-ethyl adjacent to an activating group) is 1. The highest BCUT2D eigenvalue weighted by atomic mass is 32.2. The lowest BCUT2D eigenvalue weighted by molar-refractivity contribution is -0.133. The van der Waals surface area contributed by atoms with Gasteiger partial charge in [-0.1, -0.05) is 31.0 Å². The second kappa shape index (κ2) is 8.92. The van der Waals surface area contributed by atoms with E-state index in [1.54, 1.807) is 25.2 Å². The van der Waals surface area contributed by atoms with Crippen LogP contribution in [0.1, 0.15) is 25.7 Å². The van der Waals surface area contributed by atoms with E-state index in [4.69, 9.17) is 0 Å². The molecule has 0 bridgehead atoms. The Labute approximate surface area is 170 Å². The summed E-state index contributed by atoms with van der Waals surface area (Å²) in [5.74, 6) is -0.931. The van der Waals surface area contributed by atoms with Crippen molar-refractivity contribution in [3.05, 3.63) is 60.4 Å². The number of rotatable bonds is 6. The third kappa shape index (κ3) is 4.76. The van der Waals surface area contributed by atoms with Crippen LogP contribution in [-0.2, 0) is 14.8 Å². The molecule has 0 aliphatic heterocycles. The fourth-order valence-electron chi connectivity index (χ4n) is 3.60. The number of nitrogens with zero attached hydrogens (tertiary/aromatic N) is 2. The molecule has 0 saturated heterocycles. The van der Waals surface area contributed by atoms with Crippen molar-refractivity contribution in [2.45, 2.75) is 42.7 Å². The monoisotopic (exact) mass is 420 g/mol. The summed E-state index contributed by atoms with van der Waals surface area (Å²) in [4.78, 5) is 14.4. The zero-order valence-electron chi connectivity index (χ0n) is 16.2. The SMILES string of the molecule is CN(C(=O)CN(c1ccc(F)cc1)S(=O)(=O)c1ccccc1)C1CCCCC1O. The summed E-state index contributed by atoms with van der Waals surface area (Å²) in [5, 5.41) is 10.2. The van der Waals surface area contributed by atoms with Crippen LogP contribution in [0.15, 0.2) is 59.5 Å².